The molecule has 0 aliphatic carbocycles. The van der Waals surface area contributed by atoms with Crippen LogP contribution in [0.2, 0.25) is 0 Å². The SMILES string of the molecule is CCC#CS(=O)(=O)CC. The molecule has 0 atom stereocenters. The fraction of sp³-hybridized carbons (Fsp3) is 0.667. The van der Waals surface area contributed by atoms with Crippen LogP contribution in [0.25, 0.3) is 0 Å². The van der Waals surface area contributed by atoms with Gasteiger partial charge in [0.25, 0.3) is 0 Å². The van der Waals surface area contributed by atoms with Gasteiger partial charge < -0.3 is 0 Å². The predicted molar refractivity (Wildman–Crippen MR) is 37.5 cm³/mol. The van der Waals surface area contributed by atoms with Crippen molar-refractivity contribution >= 4 is 9.84 Å². The Labute approximate surface area is 56.2 Å². The Kier molecular flexibility index (Phi) is 3.33. The van der Waals surface area contributed by atoms with Gasteiger partial charge in [-0.15, -0.1) is 0 Å². The second-order valence-corrected chi connectivity index (χ2v) is 3.55. The molecule has 0 aliphatic rings. The van der Waals surface area contributed by atoms with Crippen LogP contribution < -0.4 is 0 Å². The maximum atomic E-state index is 10.6. The van der Waals surface area contributed by atoms with Gasteiger partial charge in [-0.1, -0.05) is 19.8 Å². The minimum Gasteiger partial charge on any atom is -0.215 e. The molecule has 0 N–H and O–H groups in total. The predicted octanol–water partition coefficient (Wildman–Crippen LogP) is 0.792. The van der Waals surface area contributed by atoms with Gasteiger partial charge in [0.15, 0.2) is 0 Å². The van der Waals surface area contributed by atoms with E-state index >= 15 is 0 Å². The Hall–Kier alpha value is -0.490. The molecule has 0 aliphatic heterocycles. The fourth-order valence-electron chi connectivity index (χ4n) is 0.254. The molecule has 0 saturated carbocycles. The van der Waals surface area contributed by atoms with E-state index in [0.717, 1.165) is 0 Å². The van der Waals surface area contributed by atoms with Crippen LogP contribution in [0.4, 0.5) is 0 Å². The molecule has 9 heavy (non-hydrogen) atoms. The van der Waals surface area contributed by atoms with Gasteiger partial charge in [0.1, 0.15) is 0 Å². The summed E-state index contributed by atoms with van der Waals surface area (Å²) in [5.41, 5.74) is 0. The molecule has 0 bridgehead atoms. The first-order valence-corrected chi connectivity index (χ1v) is 4.50. The van der Waals surface area contributed by atoms with E-state index in [9.17, 15) is 8.42 Å². The van der Waals surface area contributed by atoms with E-state index in [1.165, 1.54) is 0 Å². The van der Waals surface area contributed by atoms with Crippen LogP contribution >= 0.6 is 0 Å². The lowest BCUT2D eigenvalue weighted by Crippen LogP contribution is -1.97. The smallest absolute Gasteiger partial charge is 0.215 e. The third-order valence-electron chi connectivity index (χ3n) is 0.784. The maximum absolute atomic E-state index is 10.6. The average molecular weight is 146 g/mol. The van der Waals surface area contributed by atoms with E-state index in [1.807, 2.05) is 6.92 Å². The van der Waals surface area contributed by atoms with Crippen LogP contribution in [-0.4, -0.2) is 14.2 Å². The largest absolute Gasteiger partial charge is 0.216 e. The standard InChI is InChI=1S/C6H10O2S/c1-3-5-6-9(7,8)4-2/h3-4H2,1-2H3. The number of hydrogen-bond donors (Lipinski definition) is 0. The monoisotopic (exact) mass is 146 g/mol. The molecule has 0 saturated heterocycles. The summed E-state index contributed by atoms with van der Waals surface area (Å²) in [4.78, 5) is 0. The van der Waals surface area contributed by atoms with Gasteiger partial charge in [-0.3, -0.25) is 0 Å². The summed E-state index contributed by atoms with van der Waals surface area (Å²) in [5, 5.41) is 2.18. The van der Waals surface area contributed by atoms with Crippen LogP contribution in [0, 0.1) is 11.2 Å². The van der Waals surface area contributed by atoms with E-state index in [0.29, 0.717) is 6.42 Å². The van der Waals surface area contributed by atoms with Crippen molar-refractivity contribution in [2.24, 2.45) is 0 Å². The Morgan fingerprint density at radius 1 is 1.33 bits per heavy atom. The number of hydrogen-bond acceptors (Lipinski definition) is 2. The molecule has 0 amide bonds. The molecule has 0 fully saturated rings. The fourth-order valence-corrected chi connectivity index (χ4v) is 0.763. The highest BCUT2D eigenvalue weighted by molar-refractivity contribution is 7.96. The van der Waals surface area contributed by atoms with Crippen molar-refractivity contribution in [3.63, 3.8) is 0 Å². The zero-order valence-electron chi connectivity index (χ0n) is 5.64. The first-order valence-electron chi connectivity index (χ1n) is 2.84. The number of sulfone groups is 1. The van der Waals surface area contributed by atoms with Crippen molar-refractivity contribution in [2.75, 3.05) is 5.75 Å². The van der Waals surface area contributed by atoms with E-state index < -0.39 is 9.84 Å². The highest BCUT2D eigenvalue weighted by Gasteiger charge is 1.97. The summed E-state index contributed by atoms with van der Waals surface area (Å²) in [6.07, 6.45) is 0.596. The van der Waals surface area contributed by atoms with Gasteiger partial charge in [-0.25, -0.2) is 8.42 Å². The Morgan fingerprint density at radius 2 is 1.89 bits per heavy atom. The van der Waals surface area contributed by atoms with Gasteiger partial charge in [0.05, 0.1) is 5.75 Å². The molecule has 0 unspecified atom stereocenters. The third-order valence-corrected chi connectivity index (χ3v) is 2.00. The van der Waals surface area contributed by atoms with Crippen LogP contribution in [0.3, 0.4) is 0 Å². The summed E-state index contributed by atoms with van der Waals surface area (Å²) in [5.74, 6) is 2.61. The molecule has 2 nitrogen and oxygen atoms in total. The summed E-state index contributed by atoms with van der Waals surface area (Å²) in [6.45, 7) is 3.40. The minimum atomic E-state index is -3.04. The van der Waals surface area contributed by atoms with Crippen molar-refractivity contribution in [3.05, 3.63) is 0 Å². The Balaban J connectivity index is 4.21. The molecule has 0 rings (SSSR count). The first kappa shape index (κ1) is 8.51. The second-order valence-electron chi connectivity index (χ2n) is 1.54. The third kappa shape index (κ3) is 4.04. The molecule has 0 aromatic heterocycles. The average Bonchev–Trinajstić information content (AvgIpc) is 1.84. The quantitative estimate of drug-likeness (QED) is 0.405. The van der Waals surface area contributed by atoms with Crippen LogP contribution in [0.5, 0.6) is 0 Å². The molecule has 0 spiro atoms. The maximum Gasteiger partial charge on any atom is 0.216 e. The first-order chi connectivity index (χ1) is 4.12. The van der Waals surface area contributed by atoms with Gasteiger partial charge >= 0.3 is 0 Å². The van der Waals surface area contributed by atoms with Crippen molar-refractivity contribution < 1.29 is 8.42 Å². The summed E-state index contributed by atoms with van der Waals surface area (Å²) in [6, 6.07) is 0. The number of rotatable bonds is 1. The molecule has 52 valence electrons. The van der Waals surface area contributed by atoms with Gasteiger partial charge in [0, 0.05) is 11.7 Å². The summed E-state index contributed by atoms with van der Waals surface area (Å²) < 4.78 is 21.2. The zero-order valence-corrected chi connectivity index (χ0v) is 6.46. The Morgan fingerprint density at radius 3 is 2.22 bits per heavy atom. The molecule has 0 aromatic carbocycles. The molecular formula is C6H10O2S. The molecule has 3 heteroatoms. The highest BCUT2D eigenvalue weighted by Crippen LogP contribution is 1.84. The lowest BCUT2D eigenvalue weighted by molar-refractivity contribution is 0.607. The van der Waals surface area contributed by atoms with Crippen molar-refractivity contribution in [3.8, 4) is 11.2 Å². The van der Waals surface area contributed by atoms with Gasteiger partial charge in [-0.2, -0.15) is 0 Å². The summed E-state index contributed by atoms with van der Waals surface area (Å²) in [7, 11) is -3.04. The normalized spacial score (nSPS) is 10.0. The second kappa shape index (κ2) is 3.52. The van der Waals surface area contributed by atoms with E-state index in [4.69, 9.17) is 0 Å². The molecule has 0 heterocycles. The van der Waals surface area contributed by atoms with Crippen LogP contribution in [0.15, 0.2) is 0 Å². The van der Waals surface area contributed by atoms with Crippen molar-refractivity contribution in [1.82, 2.24) is 0 Å². The van der Waals surface area contributed by atoms with Crippen LogP contribution in [0.1, 0.15) is 20.3 Å². The minimum absolute atomic E-state index is 0.111. The van der Waals surface area contributed by atoms with E-state index in [1.54, 1.807) is 6.92 Å². The van der Waals surface area contributed by atoms with E-state index in [-0.39, 0.29) is 5.75 Å². The lowest BCUT2D eigenvalue weighted by Gasteiger charge is -1.82. The van der Waals surface area contributed by atoms with E-state index in [2.05, 4.69) is 11.2 Å². The van der Waals surface area contributed by atoms with Crippen molar-refractivity contribution in [1.29, 1.82) is 0 Å². The van der Waals surface area contributed by atoms with Gasteiger partial charge in [-0.05, 0) is 0 Å². The Bertz CT molecular complexity index is 215. The van der Waals surface area contributed by atoms with Crippen molar-refractivity contribution in [2.45, 2.75) is 20.3 Å². The molecular weight excluding hydrogens is 136 g/mol. The molecule has 0 aromatic rings. The highest BCUT2D eigenvalue weighted by atomic mass is 32.2. The lowest BCUT2D eigenvalue weighted by atomic mass is 10.5. The van der Waals surface area contributed by atoms with Crippen LogP contribution in [-0.2, 0) is 9.84 Å². The van der Waals surface area contributed by atoms with Gasteiger partial charge in [0.2, 0.25) is 9.84 Å². The topological polar surface area (TPSA) is 34.1 Å². The molecule has 0 radical (unpaired) electrons. The summed E-state index contributed by atoms with van der Waals surface area (Å²) >= 11 is 0. The zero-order chi connectivity index (χ0) is 7.33.